The van der Waals surface area contributed by atoms with Crippen LogP contribution in [0, 0.1) is 0 Å². The van der Waals surface area contributed by atoms with E-state index in [1.807, 2.05) is 0 Å². The molecule has 0 aliphatic carbocycles. The zero-order valence-corrected chi connectivity index (χ0v) is 43.0. The molecule has 0 rings (SSSR count). The van der Waals surface area contributed by atoms with Crippen LogP contribution in [-0.4, -0.2) is 37.2 Å². The van der Waals surface area contributed by atoms with Crippen LogP contribution >= 0.6 is 0 Å². The molecule has 0 radical (unpaired) electrons. The molecule has 0 aliphatic heterocycles. The quantitative estimate of drug-likeness (QED) is 0.0262. The molecular weight excluding hydrogens is 805 g/mol. The maximum absolute atomic E-state index is 12.8. The van der Waals surface area contributed by atoms with Gasteiger partial charge < -0.3 is 14.2 Å². The van der Waals surface area contributed by atoms with Crippen molar-refractivity contribution in [2.45, 2.75) is 284 Å². The summed E-state index contributed by atoms with van der Waals surface area (Å²) in [6, 6.07) is 0. The van der Waals surface area contributed by atoms with Crippen LogP contribution in [0.1, 0.15) is 278 Å². The lowest BCUT2D eigenvalue weighted by Gasteiger charge is -2.18. The molecule has 0 aromatic rings. The molecule has 0 aliphatic rings. The third kappa shape index (κ3) is 51.9. The van der Waals surface area contributed by atoms with Gasteiger partial charge in [-0.1, -0.05) is 229 Å². The van der Waals surface area contributed by atoms with Gasteiger partial charge in [-0.15, -0.1) is 0 Å². The maximum atomic E-state index is 12.8. The second-order valence-corrected chi connectivity index (χ2v) is 18.5. The van der Waals surface area contributed by atoms with E-state index in [1.165, 1.54) is 141 Å². The van der Waals surface area contributed by atoms with E-state index in [0.717, 1.165) is 96.3 Å². The van der Waals surface area contributed by atoms with Gasteiger partial charge in [-0.05, 0) is 89.9 Å². The lowest BCUT2D eigenvalue weighted by Crippen LogP contribution is -2.30. The molecule has 1 atom stereocenters. The normalized spacial score (nSPS) is 12.5. The fraction of sp³-hybridized carbons (Fsp3) is 0.780. The third-order valence-electron chi connectivity index (χ3n) is 12.0. The SMILES string of the molecule is CCCCC/C=C/C/C=C/C/C=C/C/C=C/CCCCCC(=O)OC[C@@H](COC(=O)CCCCCCCCCCCCCCCC)OC(=O)CCCCCCC/C=C/CCCCCCC. The van der Waals surface area contributed by atoms with Crippen LogP contribution in [0.25, 0.3) is 0 Å². The molecule has 6 nitrogen and oxygen atoms in total. The summed E-state index contributed by atoms with van der Waals surface area (Å²) < 4.78 is 16.8. The molecule has 65 heavy (non-hydrogen) atoms. The Hall–Kier alpha value is -2.89. The number of ether oxygens (including phenoxy) is 3. The third-order valence-corrected chi connectivity index (χ3v) is 12.0. The van der Waals surface area contributed by atoms with Gasteiger partial charge in [0.15, 0.2) is 6.10 Å². The summed E-state index contributed by atoms with van der Waals surface area (Å²) in [5, 5.41) is 0. The average molecular weight is 909 g/mol. The molecule has 0 aromatic carbocycles. The fourth-order valence-corrected chi connectivity index (χ4v) is 7.77. The molecule has 0 N–H and O–H groups in total. The van der Waals surface area contributed by atoms with E-state index >= 15 is 0 Å². The minimum atomic E-state index is -0.789. The highest BCUT2D eigenvalue weighted by atomic mass is 16.6. The monoisotopic (exact) mass is 909 g/mol. The standard InChI is InChI=1S/C59H104O6/c1-4-7-10-13-16-19-22-25-28-29-30-31-32-35-37-40-43-46-49-52-58(61)64-55-56(65-59(62)53-50-47-44-41-38-34-27-24-21-18-15-12-9-6-3)54-63-57(60)51-48-45-42-39-36-33-26-23-20-17-14-11-8-5-2/h16,19,24-25,27-28,30-31,35,37,56H,4-15,17-18,20-23,26,29,32-34,36,38-55H2,1-3H3/b19-16+,27-24+,28-25+,31-30+,37-35+/t56-/m1/s1. The predicted octanol–water partition coefficient (Wildman–Crippen LogP) is 18.4. The first kappa shape index (κ1) is 62.1. The van der Waals surface area contributed by atoms with E-state index in [2.05, 4.69) is 81.5 Å². The molecule has 0 aromatic heterocycles. The molecule has 6 heteroatoms. The first-order valence-corrected chi connectivity index (χ1v) is 27.8. The predicted molar refractivity (Wildman–Crippen MR) is 279 cm³/mol. The number of esters is 3. The van der Waals surface area contributed by atoms with E-state index in [-0.39, 0.29) is 31.1 Å². The molecule has 0 fully saturated rings. The van der Waals surface area contributed by atoms with Crippen LogP contribution in [0.5, 0.6) is 0 Å². The minimum Gasteiger partial charge on any atom is -0.462 e. The van der Waals surface area contributed by atoms with Gasteiger partial charge >= 0.3 is 17.9 Å². The topological polar surface area (TPSA) is 78.9 Å². The Morgan fingerprint density at radius 1 is 0.308 bits per heavy atom. The minimum absolute atomic E-state index is 0.0855. The van der Waals surface area contributed by atoms with Crippen LogP contribution in [0.15, 0.2) is 60.8 Å². The van der Waals surface area contributed by atoms with Crippen LogP contribution < -0.4 is 0 Å². The van der Waals surface area contributed by atoms with Gasteiger partial charge in [-0.25, -0.2) is 0 Å². The maximum Gasteiger partial charge on any atom is 0.306 e. The molecule has 0 unspecified atom stereocenters. The van der Waals surface area contributed by atoms with Gasteiger partial charge in [-0.2, -0.15) is 0 Å². The lowest BCUT2D eigenvalue weighted by molar-refractivity contribution is -0.167. The Morgan fingerprint density at radius 3 is 0.923 bits per heavy atom. The molecule has 0 heterocycles. The first-order valence-electron chi connectivity index (χ1n) is 27.8. The number of rotatable bonds is 50. The molecule has 0 saturated carbocycles. The van der Waals surface area contributed by atoms with Crippen LogP contribution in [-0.2, 0) is 28.6 Å². The number of carbonyl (C=O) groups excluding carboxylic acids is 3. The van der Waals surface area contributed by atoms with Crippen molar-refractivity contribution in [2.75, 3.05) is 13.2 Å². The van der Waals surface area contributed by atoms with Gasteiger partial charge in [0, 0.05) is 19.3 Å². The first-order chi connectivity index (χ1) is 32.0. The summed E-state index contributed by atoms with van der Waals surface area (Å²) >= 11 is 0. The Balaban J connectivity index is 4.42. The summed E-state index contributed by atoms with van der Waals surface area (Å²) in [4.78, 5) is 38.1. The van der Waals surface area contributed by atoms with E-state index < -0.39 is 6.10 Å². The van der Waals surface area contributed by atoms with Crippen molar-refractivity contribution in [2.24, 2.45) is 0 Å². The van der Waals surface area contributed by atoms with Crippen LogP contribution in [0.4, 0.5) is 0 Å². The van der Waals surface area contributed by atoms with Gasteiger partial charge in [0.2, 0.25) is 0 Å². The molecule has 0 spiro atoms. The van der Waals surface area contributed by atoms with Crippen molar-refractivity contribution in [3.8, 4) is 0 Å². The van der Waals surface area contributed by atoms with Crippen molar-refractivity contribution >= 4 is 17.9 Å². The van der Waals surface area contributed by atoms with Gasteiger partial charge in [-0.3, -0.25) is 14.4 Å². The highest BCUT2D eigenvalue weighted by molar-refractivity contribution is 5.71. The number of unbranched alkanes of at least 4 members (excludes halogenated alkanes) is 29. The van der Waals surface area contributed by atoms with Crippen LogP contribution in [0.3, 0.4) is 0 Å². The lowest BCUT2D eigenvalue weighted by atomic mass is 10.0. The second-order valence-electron chi connectivity index (χ2n) is 18.5. The summed E-state index contributed by atoms with van der Waals surface area (Å²) in [7, 11) is 0. The average Bonchev–Trinajstić information content (AvgIpc) is 3.30. The summed E-state index contributed by atoms with van der Waals surface area (Å²) in [6.45, 7) is 6.59. The largest absolute Gasteiger partial charge is 0.462 e. The zero-order valence-electron chi connectivity index (χ0n) is 43.0. The summed E-state index contributed by atoms with van der Waals surface area (Å²) in [5.74, 6) is -0.917. The highest BCUT2D eigenvalue weighted by Gasteiger charge is 2.19. The number of hydrogen-bond donors (Lipinski definition) is 0. The van der Waals surface area contributed by atoms with Crippen LogP contribution in [0.2, 0.25) is 0 Å². The molecule has 0 amide bonds. The zero-order chi connectivity index (χ0) is 47.2. The Morgan fingerprint density at radius 2 is 0.554 bits per heavy atom. The van der Waals surface area contributed by atoms with Crippen molar-refractivity contribution in [1.29, 1.82) is 0 Å². The second kappa shape index (κ2) is 53.7. The van der Waals surface area contributed by atoms with E-state index in [1.54, 1.807) is 0 Å². The van der Waals surface area contributed by atoms with E-state index in [0.29, 0.717) is 19.3 Å². The molecule has 0 bridgehead atoms. The van der Waals surface area contributed by atoms with E-state index in [9.17, 15) is 14.4 Å². The molecule has 376 valence electrons. The van der Waals surface area contributed by atoms with E-state index in [4.69, 9.17) is 14.2 Å². The van der Waals surface area contributed by atoms with Crippen molar-refractivity contribution in [3.05, 3.63) is 60.8 Å². The van der Waals surface area contributed by atoms with Crippen molar-refractivity contribution in [1.82, 2.24) is 0 Å². The highest BCUT2D eigenvalue weighted by Crippen LogP contribution is 2.15. The Labute approximate surface area is 402 Å². The Bertz CT molecular complexity index is 1180. The van der Waals surface area contributed by atoms with Gasteiger partial charge in [0.1, 0.15) is 13.2 Å². The number of carbonyl (C=O) groups is 3. The number of allylic oxidation sites excluding steroid dienone is 10. The van der Waals surface area contributed by atoms with Gasteiger partial charge in [0.25, 0.3) is 0 Å². The molecule has 0 saturated heterocycles. The summed E-state index contributed by atoms with van der Waals surface area (Å²) in [5.41, 5.74) is 0. The van der Waals surface area contributed by atoms with Crippen molar-refractivity contribution in [3.63, 3.8) is 0 Å². The Kier molecular flexibility index (Phi) is 51.3. The number of hydrogen-bond acceptors (Lipinski definition) is 6. The summed E-state index contributed by atoms with van der Waals surface area (Å²) in [6.07, 6.45) is 66.3. The molecular formula is C59H104O6. The smallest absolute Gasteiger partial charge is 0.306 e. The van der Waals surface area contributed by atoms with Gasteiger partial charge in [0.05, 0.1) is 0 Å². The fourth-order valence-electron chi connectivity index (χ4n) is 7.77. The van der Waals surface area contributed by atoms with Crippen molar-refractivity contribution < 1.29 is 28.6 Å².